The molecular weight excluding hydrogens is 398 g/mol. The maximum Gasteiger partial charge on any atom is 0.360 e. The zero-order valence-electron chi connectivity index (χ0n) is 18.0. The lowest BCUT2D eigenvalue weighted by molar-refractivity contribution is 0.415. The first kappa shape index (κ1) is 21.2. The molecular formula is C28H25NO3. The minimum atomic E-state index is -0.386. The molecule has 0 aliphatic heterocycles. The van der Waals surface area contributed by atoms with Gasteiger partial charge in [-0.15, -0.1) is 6.58 Å². The summed E-state index contributed by atoms with van der Waals surface area (Å²) in [6, 6.07) is 29.3. The Balaban J connectivity index is 1.90. The van der Waals surface area contributed by atoms with E-state index in [1.807, 2.05) is 102 Å². The predicted molar refractivity (Wildman–Crippen MR) is 131 cm³/mol. The third kappa shape index (κ3) is 4.49. The number of methoxy groups -OCH3 is 1. The topological polar surface area (TPSA) is 42.7 Å². The minimum Gasteiger partial charge on any atom is -0.497 e. The molecule has 4 heteroatoms. The van der Waals surface area contributed by atoms with Crippen LogP contribution in [0.2, 0.25) is 0 Å². The average Bonchev–Trinajstić information content (AvgIpc) is 2.86. The van der Waals surface area contributed by atoms with Crippen LogP contribution in [-0.2, 0) is 0 Å². The normalized spacial score (nSPS) is 10.5. The van der Waals surface area contributed by atoms with Crippen LogP contribution < -0.4 is 15.3 Å². The van der Waals surface area contributed by atoms with E-state index in [1.54, 1.807) is 7.11 Å². The molecule has 0 aliphatic rings. The van der Waals surface area contributed by atoms with Gasteiger partial charge in [0.1, 0.15) is 17.2 Å². The van der Waals surface area contributed by atoms with Gasteiger partial charge in [-0.2, -0.15) is 0 Å². The van der Waals surface area contributed by atoms with Crippen LogP contribution >= 0.6 is 0 Å². The Labute approximate surface area is 188 Å². The first-order chi connectivity index (χ1) is 15.7. The summed E-state index contributed by atoms with van der Waals surface area (Å²) in [5.74, 6) is 1.32. The summed E-state index contributed by atoms with van der Waals surface area (Å²) >= 11 is 0. The highest BCUT2D eigenvalue weighted by molar-refractivity contribution is 5.82. The fourth-order valence-electron chi connectivity index (χ4n) is 3.66. The third-order valence-corrected chi connectivity index (χ3v) is 5.28. The van der Waals surface area contributed by atoms with E-state index < -0.39 is 0 Å². The van der Waals surface area contributed by atoms with E-state index >= 15 is 0 Å². The van der Waals surface area contributed by atoms with Gasteiger partial charge in [-0.3, -0.25) is 0 Å². The van der Waals surface area contributed by atoms with Crippen LogP contribution in [0.25, 0.3) is 22.5 Å². The molecule has 160 valence electrons. The Morgan fingerprint density at radius 3 is 2.12 bits per heavy atom. The second-order valence-corrected chi connectivity index (χ2v) is 7.32. The molecule has 0 amide bonds. The van der Waals surface area contributed by atoms with E-state index in [0.29, 0.717) is 24.4 Å². The second-order valence-electron chi connectivity index (χ2n) is 7.32. The van der Waals surface area contributed by atoms with E-state index in [4.69, 9.17) is 9.15 Å². The Kier molecular flexibility index (Phi) is 6.52. The smallest absolute Gasteiger partial charge is 0.360 e. The van der Waals surface area contributed by atoms with Gasteiger partial charge in [-0.1, -0.05) is 66.7 Å². The minimum absolute atomic E-state index is 0.386. The van der Waals surface area contributed by atoms with Gasteiger partial charge in [0.05, 0.1) is 7.11 Å². The van der Waals surface area contributed by atoms with Crippen molar-refractivity contribution in [2.24, 2.45) is 0 Å². The summed E-state index contributed by atoms with van der Waals surface area (Å²) < 4.78 is 11.2. The summed E-state index contributed by atoms with van der Waals surface area (Å²) in [5.41, 5.74) is 3.68. The summed E-state index contributed by atoms with van der Waals surface area (Å²) in [6.45, 7) is 4.44. The van der Waals surface area contributed by atoms with Crippen molar-refractivity contribution in [3.05, 3.63) is 114 Å². The zero-order chi connectivity index (χ0) is 22.3. The van der Waals surface area contributed by atoms with E-state index in [-0.39, 0.29) is 5.63 Å². The molecule has 3 aromatic carbocycles. The largest absolute Gasteiger partial charge is 0.497 e. The molecule has 32 heavy (non-hydrogen) atoms. The predicted octanol–water partition coefficient (Wildman–Crippen LogP) is 6.70. The lowest BCUT2D eigenvalue weighted by Crippen LogP contribution is -2.24. The van der Waals surface area contributed by atoms with Gasteiger partial charge in [0.2, 0.25) is 0 Å². The van der Waals surface area contributed by atoms with Crippen LogP contribution in [0.4, 0.5) is 11.4 Å². The van der Waals surface area contributed by atoms with Gasteiger partial charge >= 0.3 is 5.63 Å². The first-order valence-electron chi connectivity index (χ1n) is 10.5. The Bertz CT molecular complexity index is 1230. The van der Waals surface area contributed by atoms with Crippen molar-refractivity contribution < 1.29 is 9.15 Å². The zero-order valence-corrected chi connectivity index (χ0v) is 18.0. The highest BCUT2D eigenvalue weighted by atomic mass is 16.5. The highest BCUT2D eigenvalue weighted by Crippen LogP contribution is 2.35. The number of hydrogen-bond acceptors (Lipinski definition) is 4. The molecule has 0 saturated carbocycles. The molecule has 0 unspecified atom stereocenters. The van der Waals surface area contributed by atoms with E-state index in [0.717, 1.165) is 28.1 Å². The quantitative estimate of drug-likeness (QED) is 0.296. The lowest BCUT2D eigenvalue weighted by Gasteiger charge is -2.24. The summed E-state index contributed by atoms with van der Waals surface area (Å²) in [5, 5.41) is 0. The molecule has 0 atom stereocenters. The monoisotopic (exact) mass is 423 g/mol. The number of benzene rings is 3. The number of hydrogen-bond donors (Lipinski definition) is 0. The Hall–Kier alpha value is -4.05. The molecule has 4 rings (SSSR count). The average molecular weight is 424 g/mol. The third-order valence-electron chi connectivity index (χ3n) is 5.28. The molecule has 0 bridgehead atoms. The number of anilines is 2. The summed E-state index contributed by atoms with van der Waals surface area (Å²) in [6.07, 6.45) is 2.56. The van der Waals surface area contributed by atoms with Crippen LogP contribution in [0.3, 0.4) is 0 Å². The fraction of sp³-hybridized carbons (Fsp3) is 0.107. The number of rotatable bonds is 8. The van der Waals surface area contributed by atoms with E-state index in [9.17, 15) is 4.79 Å². The molecule has 0 fully saturated rings. The van der Waals surface area contributed by atoms with Crippen molar-refractivity contribution in [2.75, 3.05) is 18.6 Å². The molecule has 0 spiro atoms. The van der Waals surface area contributed by atoms with Crippen LogP contribution in [0.1, 0.15) is 6.42 Å². The first-order valence-corrected chi connectivity index (χ1v) is 10.5. The van der Waals surface area contributed by atoms with Gasteiger partial charge in [0, 0.05) is 23.4 Å². The van der Waals surface area contributed by atoms with Gasteiger partial charge in [0.25, 0.3) is 0 Å². The molecule has 0 radical (unpaired) electrons. The lowest BCUT2D eigenvalue weighted by atomic mass is 10.00. The molecule has 4 aromatic rings. The van der Waals surface area contributed by atoms with Crippen molar-refractivity contribution in [3.63, 3.8) is 0 Å². The number of nitrogens with zero attached hydrogens (tertiary/aromatic N) is 1. The van der Waals surface area contributed by atoms with Crippen LogP contribution in [0.15, 0.2) is 113 Å². The number of ether oxygens (including phenoxy) is 1. The van der Waals surface area contributed by atoms with Crippen LogP contribution in [0, 0.1) is 0 Å². The van der Waals surface area contributed by atoms with Gasteiger partial charge in [0.15, 0.2) is 0 Å². The molecule has 4 nitrogen and oxygen atoms in total. The van der Waals surface area contributed by atoms with Crippen molar-refractivity contribution >= 4 is 11.4 Å². The molecule has 0 saturated heterocycles. The van der Waals surface area contributed by atoms with Gasteiger partial charge in [-0.05, 0) is 42.3 Å². The van der Waals surface area contributed by atoms with E-state index in [1.165, 1.54) is 0 Å². The highest BCUT2D eigenvalue weighted by Gasteiger charge is 2.19. The maximum absolute atomic E-state index is 13.2. The summed E-state index contributed by atoms with van der Waals surface area (Å²) in [7, 11) is 1.63. The molecule has 0 aliphatic carbocycles. The fourth-order valence-corrected chi connectivity index (χ4v) is 3.66. The van der Waals surface area contributed by atoms with Crippen molar-refractivity contribution in [1.82, 2.24) is 0 Å². The Morgan fingerprint density at radius 1 is 0.906 bits per heavy atom. The van der Waals surface area contributed by atoms with Gasteiger partial charge in [-0.25, -0.2) is 4.79 Å². The summed E-state index contributed by atoms with van der Waals surface area (Å²) in [4.78, 5) is 15.2. The molecule has 1 heterocycles. The van der Waals surface area contributed by atoms with Gasteiger partial charge < -0.3 is 14.1 Å². The molecule has 0 N–H and O–H groups in total. The van der Waals surface area contributed by atoms with E-state index in [2.05, 4.69) is 6.58 Å². The van der Waals surface area contributed by atoms with Crippen LogP contribution in [-0.4, -0.2) is 13.7 Å². The molecule has 1 aromatic heterocycles. The Morgan fingerprint density at radius 2 is 1.53 bits per heavy atom. The van der Waals surface area contributed by atoms with Crippen molar-refractivity contribution in [3.8, 4) is 28.2 Å². The van der Waals surface area contributed by atoms with Crippen LogP contribution in [0.5, 0.6) is 5.75 Å². The SMILES string of the molecule is C=CCCN(c1ccc(OC)cc1)c1cc(-c2ccccc2)c(-c2ccccc2)oc1=O. The maximum atomic E-state index is 13.2. The second kappa shape index (κ2) is 9.84. The standard InChI is InChI=1S/C28H25NO3/c1-3-4-19-29(23-15-17-24(31-2)18-16-23)26-20-25(21-11-7-5-8-12-21)27(32-28(26)30)22-13-9-6-10-14-22/h3,5-18,20H,1,4,19H2,2H3. The van der Waals surface area contributed by atoms with Crippen molar-refractivity contribution in [1.29, 1.82) is 0 Å². The van der Waals surface area contributed by atoms with Crippen molar-refractivity contribution in [2.45, 2.75) is 6.42 Å².